The summed E-state index contributed by atoms with van der Waals surface area (Å²) in [6.07, 6.45) is 0. The fourth-order valence-corrected chi connectivity index (χ4v) is 2.66. The molecule has 1 aromatic heterocycles. The zero-order valence-corrected chi connectivity index (χ0v) is 11.7. The lowest BCUT2D eigenvalue weighted by atomic mass is 10.0. The van der Waals surface area contributed by atoms with Crippen molar-refractivity contribution in [3.8, 4) is 0 Å². The maximum Gasteiger partial charge on any atom is 0.133 e. The molecule has 1 aromatic carbocycles. The Hall–Kier alpha value is -1.81. The number of benzene rings is 1. The second kappa shape index (κ2) is 4.70. The Morgan fingerprint density at radius 2 is 2.11 bits per heavy atom. The number of rotatable bonds is 1. The van der Waals surface area contributed by atoms with Crippen LogP contribution in [-0.2, 0) is 7.05 Å². The lowest BCUT2D eigenvalue weighted by Crippen LogP contribution is -2.08. The van der Waals surface area contributed by atoms with E-state index in [1.807, 2.05) is 42.9 Å². The smallest absolute Gasteiger partial charge is 0.133 e. The number of hydrogen-bond acceptors (Lipinski definition) is 3. The van der Waals surface area contributed by atoms with Gasteiger partial charge in [-0.2, -0.15) is 5.10 Å². The van der Waals surface area contributed by atoms with Crippen molar-refractivity contribution in [3.05, 3.63) is 46.1 Å². The summed E-state index contributed by atoms with van der Waals surface area (Å²) in [6, 6.07) is 7.80. The van der Waals surface area contributed by atoms with Gasteiger partial charge in [-0.25, -0.2) is 0 Å². The van der Waals surface area contributed by atoms with Gasteiger partial charge in [-0.05, 0) is 13.0 Å². The first-order valence-electron chi connectivity index (χ1n) is 6.25. The van der Waals surface area contributed by atoms with Crippen molar-refractivity contribution in [2.45, 2.75) is 6.92 Å². The van der Waals surface area contributed by atoms with E-state index in [-0.39, 0.29) is 0 Å². The second-order valence-corrected chi connectivity index (χ2v) is 4.98. The second-order valence-electron chi connectivity index (χ2n) is 4.57. The van der Waals surface area contributed by atoms with Gasteiger partial charge in [0.2, 0.25) is 0 Å². The molecule has 1 aliphatic heterocycles. The van der Waals surface area contributed by atoms with Crippen molar-refractivity contribution in [3.63, 3.8) is 0 Å². The topological polar surface area (TPSA) is 42.2 Å². The Morgan fingerprint density at radius 3 is 2.89 bits per heavy atom. The maximum absolute atomic E-state index is 6.31. The predicted molar refractivity (Wildman–Crippen MR) is 78.4 cm³/mol. The molecule has 0 spiro atoms. The predicted octanol–water partition coefficient (Wildman–Crippen LogP) is 2.64. The molecule has 4 nitrogen and oxygen atoms in total. The minimum Gasteiger partial charge on any atom is -0.368 e. The van der Waals surface area contributed by atoms with Gasteiger partial charge in [0.25, 0.3) is 0 Å². The van der Waals surface area contributed by atoms with E-state index in [0.717, 1.165) is 46.5 Å². The van der Waals surface area contributed by atoms with Crippen molar-refractivity contribution >= 4 is 23.1 Å². The highest BCUT2D eigenvalue weighted by Gasteiger charge is 2.22. The molecule has 0 aliphatic carbocycles. The van der Waals surface area contributed by atoms with Crippen LogP contribution in [0.3, 0.4) is 0 Å². The van der Waals surface area contributed by atoms with Crippen LogP contribution < -0.4 is 5.32 Å². The van der Waals surface area contributed by atoms with Crippen LogP contribution in [0.2, 0.25) is 5.02 Å². The summed E-state index contributed by atoms with van der Waals surface area (Å²) in [6.45, 7) is 3.53. The number of fused-ring (bicyclic) bond motifs is 1. The number of nitrogens with one attached hydrogen (secondary N) is 1. The maximum atomic E-state index is 6.31. The Labute approximate surface area is 117 Å². The summed E-state index contributed by atoms with van der Waals surface area (Å²) in [5, 5.41) is 8.57. The zero-order valence-electron chi connectivity index (χ0n) is 10.9. The lowest BCUT2D eigenvalue weighted by Gasteiger charge is -2.08. The van der Waals surface area contributed by atoms with Gasteiger partial charge in [-0.1, -0.05) is 29.8 Å². The van der Waals surface area contributed by atoms with Gasteiger partial charge >= 0.3 is 0 Å². The van der Waals surface area contributed by atoms with Crippen LogP contribution in [0.25, 0.3) is 0 Å². The molecule has 3 rings (SSSR count). The van der Waals surface area contributed by atoms with Gasteiger partial charge in [0.1, 0.15) is 5.82 Å². The molecular formula is C14H15ClN4. The van der Waals surface area contributed by atoms with Crippen LogP contribution in [0.1, 0.15) is 16.8 Å². The highest BCUT2D eigenvalue weighted by Crippen LogP contribution is 2.27. The number of halogens is 1. The number of nitrogens with zero attached hydrogens (tertiary/aromatic N) is 3. The summed E-state index contributed by atoms with van der Waals surface area (Å²) in [5.41, 5.74) is 3.90. The molecule has 2 aromatic rings. The molecule has 0 radical (unpaired) electrons. The third-order valence-electron chi connectivity index (χ3n) is 3.26. The number of hydrogen-bond donors (Lipinski definition) is 1. The van der Waals surface area contributed by atoms with E-state index in [9.17, 15) is 0 Å². The summed E-state index contributed by atoms with van der Waals surface area (Å²) < 4.78 is 1.86. The van der Waals surface area contributed by atoms with Gasteiger partial charge in [-0.15, -0.1) is 0 Å². The molecule has 0 saturated carbocycles. The third kappa shape index (κ3) is 2.02. The molecule has 1 N–H and O–H groups in total. The molecule has 0 bridgehead atoms. The molecule has 19 heavy (non-hydrogen) atoms. The fraction of sp³-hybridized carbons (Fsp3) is 0.286. The first-order chi connectivity index (χ1) is 9.18. The number of aliphatic imine (C=N–C) groups is 1. The Bertz CT molecular complexity index is 657. The Morgan fingerprint density at radius 1 is 1.32 bits per heavy atom. The summed E-state index contributed by atoms with van der Waals surface area (Å²) >= 11 is 6.31. The molecule has 0 fully saturated rings. The van der Waals surface area contributed by atoms with Crippen LogP contribution in [0, 0.1) is 6.92 Å². The molecule has 0 atom stereocenters. The molecule has 2 heterocycles. The molecular weight excluding hydrogens is 260 g/mol. The minimum absolute atomic E-state index is 0.720. The van der Waals surface area contributed by atoms with E-state index in [2.05, 4.69) is 15.4 Å². The molecule has 1 aliphatic rings. The van der Waals surface area contributed by atoms with E-state index in [1.54, 1.807) is 0 Å². The van der Waals surface area contributed by atoms with Gasteiger partial charge in [-0.3, -0.25) is 9.67 Å². The number of anilines is 1. The van der Waals surface area contributed by atoms with Gasteiger partial charge in [0.05, 0.1) is 23.5 Å². The first-order valence-corrected chi connectivity index (χ1v) is 6.63. The van der Waals surface area contributed by atoms with Crippen molar-refractivity contribution in [2.24, 2.45) is 12.0 Å². The van der Waals surface area contributed by atoms with Crippen molar-refractivity contribution < 1.29 is 0 Å². The monoisotopic (exact) mass is 274 g/mol. The van der Waals surface area contributed by atoms with Crippen LogP contribution in [-0.4, -0.2) is 28.6 Å². The van der Waals surface area contributed by atoms with Crippen molar-refractivity contribution in [1.82, 2.24) is 9.78 Å². The molecule has 98 valence electrons. The molecule has 0 amide bonds. The van der Waals surface area contributed by atoms with E-state index in [1.165, 1.54) is 0 Å². The number of aryl methyl sites for hydroxylation is 2. The van der Waals surface area contributed by atoms with Crippen molar-refractivity contribution in [1.29, 1.82) is 0 Å². The van der Waals surface area contributed by atoms with E-state index in [0.29, 0.717) is 0 Å². The summed E-state index contributed by atoms with van der Waals surface area (Å²) in [5.74, 6) is 1.01. The molecule has 5 heteroatoms. The number of aromatic nitrogens is 2. The fourth-order valence-electron chi connectivity index (χ4n) is 2.44. The van der Waals surface area contributed by atoms with Crippen LogP contribution in [0.5, 0.6) is 0 Å². The van der Waals surface area contributed by atoms with Gasteiger partial charge < -0.3 is 5.32 Å². The van der Waals surface area contributed by atoms with E-state index < -0.39 is 0 Å². The van der Waals surface area contributed by atoms with Gasteiger partial charge in [0.15, 0.2) is 0 Å². The minimum atomic E-state index is 0.720. The normalized spacial score (nSPS) is 14.4. The average Bonchev–Trinajstić information content (AvgIpc) is 2.58. The third-order valence-corrected chi connectivity index (χ3v) is 3.59. The van der Waals surface area contributed by atoms with E-state index in [4.69, 9.17) is 11.6 Å². The summed E-state index contributed by atoms with van der Waals surface area (Å²) in [7, 11) is 1.94. The van der Waals surface area contributed by atoms with Crippen LogP contribution >= 0.6 is 11.6 Å². The lowest BCUT2D eigenvalue weighted by molar-refractivity contribution is 0.758. The quantitative estimate of drug-likeness (QED) is 0.869. The highest BCUT2D eigenvalue weighted by molar-refractivity contribution is 6.35. The molecule has 0 unspecified atom stereocenters. The first kappa shape index (κ1) is 12.2. The zero-order chi connectivity index (χ0) is 13.4. The van der Waals surface area contributed by atoms with Gasteiger partial charge in [0, 0.05) is 24.2 Å². The summed E-state index contributed by atoms with van der Waals surface area (Å²) in [4.78, 5) is 4.69. The van der Waals surface area contributed by atoms with E-state index >= 15 is 0 Å². The standard InChI is InChI=1S/C14H15ClN4/c1-9-12-13(10-5-3-4-6-11(10)15)16-7-8-17-14(12)19(2)18-9/h3-6,17H,7-8H2,1-2H3. The van der Waals surface area contributed by atoms with Crippen LogP contribution in [0.4, 0.5) is 5.82 Å². The highest BCUT2D eigenvalue weighted by atomic mass is 35.5. The SMILES string of the molecule is Cc1nn(C)c2c1C(c1ccccc1Cl)=NCCN2. The molecule has 0 saturated heterocycles. The Kier molecular flexibility index (Phi) is 3.03. The van der Waals surface area contributed by atoms with Crippen molar-refractivity contribution in [2.75, 3.05) is 18.4 Å². The van der Waals surface area contributed by atoms with Crippen LogP contribution in [0.15, 0.2) is 29.3 Å². The largest absolute Gasteiger partial charge is 0.368 e. The average molecular weight is 275 g/mol. The Balaban J connectivity index is 2.23.